The van der Waals surface area contributed by atoms with Crippen molar-refractivity contribution in [3.63, 3.8) is 0 Å². The van der Waals surface area contributed by atoms with E-state index >= 15 is 0 Å². The molecule has 11 heteroatoms. The number of nitrogens with zero attached hydrogens (tertiary/aromatic N) is 3. The third-order valence-corrected chi connectivity index (χ3v) is 4.79. The van der Waals surface area contributed by atoms with Gasteiger partial charge in [0, 0.05) is 23.2 Å². The van der Waals surface area contributed by atoms with Crippen LogP contribution in [0.1, 0.15) is 0 Å². The van der Waals surface area contributed by atoms with Crippen LogP contribution in [0, 0.1) is 11.6 Å². The van der Waals surface area contributed by atoms with Gasteiger partial charge in [0.1, 0.15) is 5.82 Å². The maximum Gasteiger partial charge on any atom is 0.355 e. The minimum atomic E-state index is -0.799. The van der Waals surface area contributed by atoms with Gasteiger partial charge in [0.25, 0.3) is 0 Å². The van der Waals surface area contributed by atoms with Crippen LogP contribution in [0.15, 0.2) is 57.9 Å². The van der Waals surface area contributed by atoms with Crippen molar-refractivity contribution in [3.05, 3.63) is 80.8 Å². The molecule has 0 aliphatic rings. The van der Waals surface area contributed by atoms with E-state index < -0.39 is 17.3 Å². The average Bonchev–Trinajstić information content (AvgIpc) is 3.17. The van der Waals surface area contributed by atoms with Crippen LogP contribution in [0.4, 0.5) is 14.6 Å². The number of hydrogen-bond acceptors (Lipinski definition) is 5. The Balaban J connectivity index is 0.00000272. The van der Waals surface area contributed by atoms with Gasteiger partial charge in [0.2, 0.25) is 5.89 Å². The number of hydrogen-bond donors (Lipinski definition) is 1. The van der Waals surface area contributed by atoms with E-state index in [1.54, 1.807) is 24.3 Å². The van der Waals surface area contributed by atoms with Crippen LogP contribution in [0.3, 0.4) is 0 Å². The Hall–Kier alpha value is -2.94. The van der Waals surface area contributed by atoms with Crippen molar-refractivity contribution in [2.45, 2.75) is 0 Å². The summed E-state index contributed by atoms with van der Waals surface area (Å²) in [6.07, 6.45) is 0.931. The van der Waals surface area contributed by atoms with E-state index in [0.717, 1.165) is 16.8 Å². The van der Waals surface area contributed by atoms with Crippen molar-refractivity contribution in [2.24, 2.45) is 0 Å². The lowest BCUT2D eigenvalue weighted by molar-refractivity contribution is 0.583. The van der Waals surface area contributed by atoms with Gasteiger partial charge in [0.15, 0.2) is 23.2 Å². The van der Waals surface area contributed by atoms with Crippen LogP contribution in [-0.2, 0) is 0 Å². The van der Waals surface area contributed by atoms with E-state index in [1.165, 1.54) is 19.2 Å². The molecule has 4 aromatic rings. The highest BCUT2D eigenvalue weighted by Crippen LogP contribution is 2.33. The Morgan fingerprint density at radius 1 is 1.00 bits per heavy atom. The molecule has 0 saturated heterocycles. The number of halogens is 5. The first kappa shape index (κ1) is 22.7. The summed E-state index contributed by atoms with van der Waals surface area (Å²) in [5, 5.41) is 2.92. The van der Waals surface area contributed by atoms with E-state index in [-0.39, 0.29) is 46.3 Å². The molecule has 0 radical (unpaired) electrons. The van der Waals surface area contributed by atoms with Gasteiger partial charge in [-0.25, -0.2) is 18.1 Å². The van der Waals surface area contributed by atoms with Crippen LogP contribution in [-0.4, -0.2) is 21.6 Å². The largest absolute Gasteiger partial charge is 0.434 e. The Bertz CT molecular complexity index is 1310. The van der Waals surface area contributed by atoms with Crippen molar-refractivity contribution >= 4 is 41.4 Å². The molecule has 0 aliphatic carbocycles. The van der Waals surface area contributed by atoms with Crippen molar-refractivity contribution in [3.8, 4) is 28.6 Å². The van der Waals surface area contributed by atoms with Crippen LogP contribution in [0.2, 0.25) is 10.0 Å². The average molecular weight is 486 g/mol. The Morgan fingerprint density at radius 3 is 2.32 bits per heavy atom. The predicted molar refractivity (Wildman–Crippen MR) is 117 cm³/mol. The first-order valence-electron chi connectivity index (χ1n) is 8.57. The summed E-state index contributed by atoms with van der Waals surface area (Å²) < 4.78 is 35.1. The van der Waals surface area contributed by atoms with Gasteiger partial charge in [-0.15, -0.1) is 12.4 Å². The van der Waals surface area contributed by atoms with Crippen LogP contribution < -0.4 is 11.0 Å². The molecule has 0 spiro atoms. The van der Waals surface area contributed by atoms with Gasteiger partial charge in [-0.3, -0.25) is 0 Å². The summed E-state index contributed by atoms with van der Waals surface area (Å²) in [4.78, 5) is 20.5. The fourth-order valence-corrected chi connectivity index (χ4v) is 3.02. The molecule has 0 unspecified atom stereocenters. The van der Waals surface area contributed by atoms with Crippen LogP contribution in [0.25, 0.3) is 28.6 Å². The molecule has 0 bridgehead atoms. The molecule has 0 amide bonds. The minimum absolute atomic E-state index is 0. The molecule has 2 aromatic heterocycles. The maximum absolute atomic E-state index is 14.3. The van der Waals surface area contributed by atoms with Crippen molar-refractivity contribution < 1.29 is 13.2 Å². The van der Waals surface area contributed by atoms with Crippen molar-refractivity contribution in [1.29, 1.82) is 0 Å². The first-order chi connectivity index (χ1) is 14.4. The molecule has 2 heterocycles. The highest BCUT2D eigenvalue weighted by atomic mass is 35.5. The van der Waals surface area contributed by atoms with Crippen molar-refractivity contribution in [1.82, 2.24) is 14.5 Å². The SMILES string of the molecule is CNc1nc(=O)n(-c2nc(-c3ccc(Cl)cc3)oc2-c2ccc(Cl)c(F)c2)cc1F.Cl. The number of rotatable bonds is 4. The summed E-state index contributed by atoms with van der Waals surface area (Å²) >= 11 is 11.7. The van der Waals surface area contributed by atoms with Gasteiger partial charge < -0.3 is 9.73 Å². The molecule has 1 N–H and O–H groups in total. The second kappa shape index (κ2) is 9.05. The molecule has 31 heavy (non-hydrogen) atoms. The molecule has 6 nitrogen and oxygen atoms in total. The third-order valence-electron chi connectivity index (χ3n) is 4.23. The van der Waals surface area contributed by atoms with E-state index in [0.29, 0.717) is 10.6 Å². The lowest BCUT2D eigenvalue weighted by Gasteiger charge is -2.07. The van der Waals surface area contributed by atoms with Gasteiger partial charge in [-0.1, -0.05) is 23.2 Å². The zero-order chi connectivity index (χ0) is 21.4. The van der Waals surface area contributed by atoms with E-state index in [2.05, 4.69) is 15.3 Å². The first-order valence-corrected chi connectivity index (χ1v) is 9.32. The number of anilines is 1. The molecule has 0 fully saturated rings. The van der Waals surface area contributed by atoms with Gasteiger partial charge >= 0.3 is 5.69 Å². The maximum atomic E-state index is 14.3. The third kappa shape index (κ3) is 4.41. The van der Waals surface area contributed by atoms with E-state index in [9.17, 15) is 13.6 Å². The molecule has 0 aliphatic heterocycles. The molecule has 0 saturated carbocycles. The topological polar surface area (TPSA) is 73.0 Å². The van der Waals surface area contributed by atoms with Gasteiger partial charge in [-0.05, 0) is 42.5 Å². The number of oxazole rings is 1. The predicted octanol–water partition coefficient (Wildman–Crippen LogP) is 5.60. The Kier molecular flexibility index (Phi) is 6.64. The lowest BCUT2D eigenvalue weighted by Crippen LogP contribution is -2.23. The highest BCUT2D eigenvalue weighted by Gasteiger charge is 2.21. The Labute approximate surface area is 190 Å². The summed E-state index contributed by atoms with van der Waals surface area (Å²) in [6.45, 7) is 0. The quantitative estimate of drug-likeness (QED) is 0.407. The second-order valence-corrected chi connectivity index (χ2v) is 6.99. The second-order valence-electron chi connectivity index (χ2n) is 6.15. The van der Waals surface area contributed by atoms with Gasteiger partial charge in [0.05, 0.1) is 11.2 Å². The molecular weight excluding hydrogens is 473 g/mol. The lowest BCUT2D eigenvalue weighted by atomic mass is 10.1. The fourth-order valence-electron chi connectivity index (χ4n) is 2.78. The molecule has 4 rings (SSSR count). The van der Waals surface area contributed by atoms with Gasteiger partial charge in [-0.2, -0.15) is 9.97 Å². The summed E-state index contributed by atoms with van der Waals surface area (Å²) in [6, 6.07) is 10.6. The zero-order valence-electron chi connectivity index (χ0n) is 15.7. The van der Waals surface area contributed by atoms with Crippen molar-refractivity contribution in [2.75, 3.05) is 12.4 Å². The summed E-state index contributed by atoms with van der Waals surface area (Å²) in [5.74, 6) is -1.57. The summed E-state index contributed by atoms with van der Waals surface area (Å²) in [5.41, 5.74) is 0.00617. The zero-order valence-corrected chi connectivity index (χ0v) is 18.0. The molecular formula is C20H13Cl3F2N4O2. The molecule has 160 valence electrons. The molecule has 2 aromatic carbocycles. The minimum Gasteiger partial charge on any atom is -0.434 e. The monoisotopic (exact) mass is 484 g/mol. The number of nitrogens with one attached hydrogen (secondary N) is 1. The highest BCUT2D eigenvalue weighted by molar-refractivity contribution is 6.31. The fraction of sp³-hybridized carbons (Fsp3) is 0.0500. The van der Waals surface area contributed by atoms with E-state index in [1.807, 2.05) is 0 Å². The van der Waals surface area contributed by atoms with Crippen LogP contribution >= 0.6 is 35.6 Å². The standard InChI is InChI=1S/C20H12Cl2F2N4O2.ClH/c1-25-17-15(24)9-28(20(29)26-17)18-16(11-4-7-13(22)14(23)8-11)30-19(27-18)10-2-5-12(21)6-3-10;/h2-9H,1H3,(H,25,26,29);1H. The number of aromatic nitrogens is 3. The van der Waals surface area contributed by atoms with E-state index in [4.69, 9.17) is 27.6 Å². The normalized spacial score (nSPS) is 10.6. The summed E-state index contributed by atoms with van der Waals surface area (Å²) in [7, 11) is 1.44. The smallest absolute Gasteiger partial charge is 0.355 e. The molecule has 0 atom stereocenters. The number of benzene rings is 2. The van der Waals surface area contributed by atoms with Crippen LogP contribution in [0.5, 0.6) is 0 Å². The Morgan fingerprint density at radius 2 is 1.68 bits per heavy atom.